The van der Waals surface area contributed by atoms with Crippen LogP contribution < -0.4 is 4.90 Å². The van der Waals surface area contributed by atoms with Crippen molar-refractivity contribution in [2.24, 2.45) is 0 Å². The summed E-state index contributed by atoms with van der Waals surface area (Å²) in [6, 6.07) is 44.3. The molecule has 0 aliphatic heterocycles. The van der Waals surface area contributed by atoms with Crippen LogP contribution in [0.5, 0.6) is 0 Å². The fourth-order valence-corrected chi connectivity index (χ4v) is 5.42. The topological polar surface area (TPSA) is 8.17 Å². The third kappa shape index (κ3) is 4.26. The summed E-state index contributed by atoms with van der Waals surface area (Å²) in [4.78, 5) is 2.35. The average molecular weight is 495 g/mol. The second-order valence-corrected chi connectivity index (χ2v) is 10.7. The summed E-state index contributed by atoms with van der Waals surface area (Å²) >= 11 is 0. The van der Waals surface area contributed by atoms with Crippen LogP contribution in [-0.4, -0.2) is 4.57 Å². The molecular formula is C36H34N2. The highest BCUT2D eigenvalue weighted by Crippen LogP contribution is 2.37. The van der Waals surface area contributed by atoms with Gasteiger partial charge in [0.1, 0.15) is 0 Å². The van der Waals surface area contributed by atoms with Gasteiger partial charge in [-0.1, -0.05) is 88.4 Å². The highest BCUT2D eigenvalue weighted by molar-refractivity contribution is 6.09. The number of rotatable bonds is 6. The minimum Gasteiger partial charge on any atom is -0.311 e. The van der Waals surface area contributed by atoms with Gasteiger partial charge < -0.3 is 9.47 Å². The Balaban J connectivity index is 1.46. The van der Waals surface area contributed by atoms with Crippen LogP contribution in [0, 0.1) is 0 Å². The SMILES string of the molecule is CC(C)c1ccc(N(c2ccc(C(C)C)cc2)c2ccc(-n3c4ccccc4c4ccccc43)cc2)cc1. The van der Waals surface area contributed by atoms with E-state index in [1.165, 1.54) is 32.9 Å². The first-order valence-corrected chi connectivity index (χ1v) is 13.6. The molecule has 0 radical (unpaired) electrons. The van der Waals surface area contributed by atoms with Gasteiger partial charge in [0.05, 0.1) is 11.0 Å². The molecule has 38 heavy (non-hydrogen) atoms. The Hall–Kier alpha value is -4.30. The van der Waals surface area contributed by atoms with Crippen molar-refractivity contribution >= 4 is 38.9 Å². The lowest BCUT2D eigenvalue weighted by atomic mass is 10.0. The van der Waals surface area contributed by atoms with E-state index in [9.17, 15) is 0 Å². The molecule has 0 atom stereocenters. The number of nitrogens with zero attached hydrogens (tertiary/aromatic N) is 2. The van der Waals surface area contributed by atoms with Crippen LogP contribution in [0.4, 0.5) is 17.1 Å². The third-order valence-corrected chi connectivity index (χ3v) is 7.58. The van der Waals surface area contributed by atoms with Crippen molar-refractivity contribution in [1.82, 2.24) is 4.57 Å². The van der Waals surface area contributed by atoms with E-state index in [0.717, 1.165) is 22.7 Å². The molecule has 1 aromatic heterocycles. The first kappa shape index (κ1) is 24.1. The molecule has 6 aromatic rings. The van der Waals surface area contributed by atoms with Crippen molar-refractivity contribution < 1.29 is 0 Å². The lowest BCUT2D eigenvalue weighted by molar-refractivity contribution is 0.866. The molecule has 0 amide bonds. The van der Waals surface area contributed by atoms with E-state index in [4.69, 9.17) is 0 Å². The zero-order valence-corrected chi connectivity index (χ0v) is 22.6. The number of benzene rings is 5. The first-order valence-electron chi connectivity index (χ1n) is 13.6. The Morgan fingerprint density at radius 3 is 1.21 bits per heavy atom. The second kappa shape index (κ2) is 9.87. The Kier molecular flexibility index (Phi) is 6.25. The molecule has 0 fully saturated rings. The van der Waals surface area contributed by atoms with Crippen molar-refractivity contribution in [2.45, 2.75) is 39.5 Å². The molecule has 0 N–H and O–H groups in total. The maximum Gasteiger partial charge on any atom is 0.0541 e. The molecular weight excluding hydrogens is 460 g/mol. The lowest BCUT2D eigenvalue weighted by Gasteiger charge is -2.26. The van der Waals surface area contributed by atoms with Gasteiger partial charge in [0.25, 0.3) is 0 Å². The number of aromatic nitrogens is 1. The normalized spacial score (nSPS) is 11.6. The Morgan fingerprint density at radius 2 is 0.816 bits per heavy atom. The zero-order valence-electron chi connectivity index (χ0n) is 22.6. The van der Waals surface area contributed by atoms with Crippen molar-refractivity contribution in [3.05, 3.63) is 132 Å². The minimum absolute atomic E-state index is 0.508. The molecule has 0 saturated carbocycles. The van der Waals surface area contributed by atoms with Gasteiger partial charge in [0, 0.05) is 33.5 Å². The molecule has 1 heterocycles. The van der Waals surface area contributed by atoms with Gasteiger partial charge in [0.15, 0.2) is 0 Å². The van der Waals surface area contributed by atoms with Crippen molar-refractivity contribution in [3.63, 3.8) is 0 Å². The molecule has 0 bridgehead atoms. The van der Waals surface area contributed by atoms with E-state index in [1.807, 2.05) is 0 Å². The van der Waals surface area contributed by atoms with Crippen LogP contribution in [-0.2, 0) is 0 Å². The largest absolute Gasteiger partial charge is 0.311 e. The van der Waals surface area contributed by atoms with Gasteiger partial charge >= 0.3 is 0 Å². The monoisotopic (exact) mass is 494 g/mol. The molecule has 5 aromatic carbocycles. The maximum atomic E-state index is 2.37. The Labute approximate surface area is 225 Å². The number of para-hydroxylation sites is 2. The highest BCUT2D eigenvalue weighted by atomic mass is 15.1. The molecule has 0 aliphatic rings. The van der Waals surface area contributed by atoms with Crippen molar-refractivity contribution in [1.29, 1.82) is 0 Å². The van der Waals surface area contributed by atoms with Crippen LogP contribution in [0.1, 0.15) is 50.7 Å². The Morgan fingerprint density at radius 1 is 0.447 bits per heavy atom. The minimum atomic E-state index is 0.508. The van der Waals surface area contributed by atoms with E-state index in [1.54, 1.807) is 0 Å². The van der Waals surface area contributed by atoms with Crippen LogP contribution >= 0.6 is 0 Å². The van der Waals surface area contributed by atoms with Gasteiger partial charge in [-0.25, -0.2) is 0 Å². The molecule has 6 rings (SSSR count). The van der Waals surface area contributed by atoms with Crippen LogP contribution in [0.15, 0.2) is 121 Å². The average Bonchev–Trinajstić information content (AvgIpc) is 3.29. The summed E-state index contributed by atoms with van der Waals surface area (Å²) < 4.78 is 2.37. The highest BCUT2D eigenvalue weighted by Gasteiger charge is 2.15. The molecule has 0 unspecified atom stereocenters. The van der Waals surface area contributed by atoms with Gasteiger partial charge in [0.2, 0.25) is 0 Å². The molecule has 188 valence electrons. The molecule has 2 heteroatoms. The molecule has 0 saturated heterocycles. The summed E-state index contributed by atoms with van der Waals surface area (Å²) in [5.41, 5.74) is 9.79. The number of anilines is 3. The number of hydrogen-bond donors (Lipinski definition) is 0. The summed E-state index contributed by atoms with van der Waals surface area (Å²) in [5, 5.41) is 2.56. The predicted octanol–water partition coefficient (Wildman–Crippen LogP) is 10.5. The van der Waals surface area contributed by atoms with E-state index in [2.05, 4.69) is 158 Å². The quantitative estimate of drug-likeness (QED) is 0.223. The molecule has 0 spiro atoms. The standard InChI is InChI=1S/C36H34N2/c1-25(2)27-13-17-29(18-14-27)37(30-19-15-28(16-20-30)26(3)4)31-21-23-32(24-22-31)38-35-11-7-5-9-33(35)34-10-6-8-12-36(34)38/h5-26H,1-4H3. The van der Waals surface area contributed by atoms with Crippen LogP contribution in [0.2, 0.25) is 0 Å². The zero-order chi connectivity index (χ0) is 26.2. The van der Waals surface area contributed by atoms with Gasteiger partial charge in [-0.2, -0.15) is 0 Å². The first-order chi connectivity index (χ1) is 18.5. The Bertz CT molecular complexity index is 1580. The fraction of sp³-hybridized carbons (Fsp3) is 0.167. The summed E-state index contributed by atoms with van der Waals surface area (Å²) in [7, 11) is 0. The van der Waals surface area contributed by atoms with Gasteiger partial charge in [-0.05, 0) is 83.6 Å². The number of hydrogen-bond acceptors (Lipinski definition) is 1. The lowest BCUT2D eigenvalue weighted by Crippen LogP contribution is -2.10. The predicted molar refractivity (Wildman–Crippen MR) is 164 cm³/mol. The van der Waals surface area contributed by atoms with E-state index in [0.29, 0.717) is 11.8 Å². The van der Waals surface area contributed by atoms with E-state index >= 15 is 0 Å². The number of fused-ring (bicyclic) bond motifs is 3. The van der Waals surface area contributed by atoms with Crippen molar-refractivity contribution in [2.75, 3.05) is 4.90 Å². The van der Waals surface area contributed by atoms with Crippen LogP contribution in [0.25, 0.3) is 27.5 Å². The summed E-state index contributed by atoms with van der Waals surface area (Å²) in [5.74, 6) is 1.02. The maximum absolute atomic E-state index is 2.37. The van der Waals surface area contributed by atoms with E-state index in [-0.39, 0.29) is 0 Å². The fourth-order valence-electron chi connectivity index (χ4n) is 5.42. The van der Waals surface area contributed by atoms with Crippen molar-refractivity contribution in [3.8, 4) is 5.69 Å². The summed E-state index contributed by atoms with van der Waals surface area (Å²) in [6.45, 7) is 8.96. The molecule has 2 nitrogen and oxygen atoms in total. The smallest absolute Gasteiger partial charge is 0.0541 e. The van der Waals surface area contributed by atoms with Crippen LogP contribution in [0.3, 0.4) is 0 Å². The summed E-state index contributed by atoms with van der Waals surface area (Å²) in [6.07, 6.45) is 0. The van der Waals surface area contributed by atoms with Gasteiger partial charge in [-0.15, -0.1) is 0 Å². The third-order valence-electron chi connectivity index (χ3n) is 7.58. The molecule has 0 aliphatic carbocycles. The second-order valence-electron chi connectivity index (χ2n) is 10.7. The van der Waals surface area contributed by atoms with Gasteiger partial charge in [-0.3, -0.25) is 0 Å². The van der Waals surface area contributed by atoms with E-state index < -0.39 is 0 Å².